The molecule has 4 rings (SSSR count). The monoisotopic (exact) mass is 570 g/mol. The lowest BCUT2D eigenvalue weighted by Crippen LogP contribution is -2.40. The molecule has 2 fully saturated rings. The maximum atomic E-state index is 13.0. The van der Waals surface area contributed by atoms with E-state index >= 15 is 0 Å². The molecule has 0 unspecified atom stereocenters. The summed E-state index contributed by atoms with van der Waals surface area (Å²) in [5, 5.41) is 3.19. The van der Waals surface area contributed by atoms with Crippen LogP contribution in [0.15, 0.2) is 51.3 Å². The molecule has 0 aliphatic carbocycles. The summed E-state index contributed by atoms with van der Waals surface area (Å²) in [5.41, 5.74) is 0.235. The first kappa shape index (κ1) is 27.8. The van der Waals surface area contributed by atoms with E-state index in [2.05, 4.69) is 10.3 Å². The molecule has 0 saturated carbocycles. The highest BCUT2D eigenvalue weighted by molar-refractivity contribution is 7.99. The number of aromatic nitrogens is 1. The second kappa shape index (κ2) is 12.1. The number of piperidine rings is 1. The van der Waals surface area contributed by atoms with Crippen molar-refractivity contribution in [3.8, 4) is 5.75 Å². The summed E-state index contributed by atoms with van der Waals surface area (Å²) in [6, 6.07) is 7.40. The van der Waals surface area contributed by atoms with Crippen LogP contribution < -0.4 is 10.1 Å². The summed E-state index contributed by atoms with van der Waals surface area (Å²) in [4.78, 5) is 17.0. The van der Waals surface area contributed by atoms with Gasteiger partial charge in [-0.25, -0.2) is 21.8 Å². The number of carbonyl (C=O) groups is 1. The smallest absolute Gasteiger partial charge is 0.244 e. The van der Waals surface area contributed by atoms with Crippen molar-refractivity contribution < 1.29 is 31.1 Å². The van der Waals surface area contributed by atoms with Gasteiger partial charge in [0.1, 0.15) is 10.6 Å². The number of ether oxygens (including phenoxy) is 2. The number of morpholine rings is 1. The Labute approximate surface area is 221 Å². The van der Waals surface area contributed by atoms with E-state index < -0.39 is 26.0 Å². The maximum absolute atomic E-state index is 13.0. The lowest BCUT2D eigenvalue weighted by molar-refractivity contribution is -0.113. The molecule has 11 nitrogen and oxygen atoms in total. The van der Waals surface area contributed by atoms with Gasteiger partial charge in [0, 0.05) is 32.4 Å². The Kier molecular flexibility index (Phi) is 9.08. The average molecular weight is 571 g/mol. The number of rotatable bonds is 9. The van der Waals surface area contributed by atoms with Gasteiger partial charge in [0.05, 0.1) is 41.7 Å². The van der Waals surface area contributed by atoms with Crippen LogP contribution in [0.5, 0.6) is 5.75 Å². The number of methoxy groups -OCH3 is 1. The van der Waals surface area contributed by atoms with Crippen LogP contribution in [0.25, 0.3) is 0 Å². The zero-order chi connectivity index (χ0) is 26.5. The first-order valence-electron chi connectivity index (χ1n) is 11.9. The van der Waals surface area contributed by atoms with Gasteiger partial charge in [0.2, 0.25) is 26.0 Å². The van der Waals surface area contributed by atoms with Gasteiger partial charge in [-0.15, -0.1) is 0 Å². The molecule has 0 radical (unpaired) electrons. The molecular formula is C23H30N4O7S3. The number of amides is 1. The number of carbonyl (C=O) groups excluding carboxylic acids is 1. The third-order valence-corrected chi connectivity index (χ3v) is 10.8. The topological polar surface area (TPSA) is 135 Å². The lowest BCUT2D eigenvalue weighted by Gasteiger charge is -2.26. The summed E-state index contributed by atoms with van der Waals surface area (Å²) in [7, 11) is -5.89. The number of hydrogen-bond donors (Lipinski definition) is 1. The molecule has 0 atom stereocenters. The van der Waals surface area contributed by atoms with Crippen molar-refractivity contribution in [3.63, 3.8) is 0 Å². The van der Waals surface area contributed by atoms with E-state index in [0.29, 0.717) is 37.1 Å². The minimum atomic E-state index is -3.75. The van der Waals surface area contributed by atoms with E-state index in [9.17, 15) is 21.6 Å². The molecule has 2 aliphatic rings. The molecule has 1 aromatic carbocycles. The van der Waals surface area contributed by atoms with Gasteiger partial charge in [0.25, 0.3) is 0 Å². The lowest BCUT2D eigenvalue weighted by atomic mass is 10.2. The van der Waals surface area contributed by atoms with Crippen LogP contribution in [0.1, 0.15) is 19.3 Å². The largest absolute Gasteiger partial charge is 0.495 e. The average Bonchev–Trinajstić information content (AvgIpc) is 2.93. The number of benzene rings is 1. The van der Waals surface area contributed by atoms with Crippen LogP contribution >= 0.6 is 11.8 Å². The van der Waals surface area contributed by atoms with Crippen molar-refractivity contribution in [2.24, 2.45) is 0 Å². The Morgan fingerprint density at radius 2 is 1.62 bits per heavy atom. The summed E-state index contributed by atoms with van der Waals surface area (Å²) in [6.45, 7) is 2.20. The third kappa shape index (κ3) is 6.62. The second-order valence-electron chi connectivity index (χ2n) is 8.51. The van der Waals surface area contributed by atoms with E-state index in [0.717, 1.165) is 31.0 Å². The first-order chi connectivity index (χ1) is 17.7. The summed E-state index contributed by atoms with van der Waals surface area (Å²) < 4.78 is 64.9. The van der Waals surface area contributed by atoms with Crippen molar-refractivity contribution in [1.82, 2.24) is 13.6 Å². The number of pyridine rings is 1. The highest BCUT2D eigenvalue weighted by Gasteiger charge is 2.28. The van der Waals surface area contributed by atoms with Crippen LogP contribution in [-0.4, -0.2) is 88.6 Å². The predicted octanol–water partition coefficient (Wildman–Crippen LogP) is 2.02. The number of thioether (sulfide) groups is 1. The highest BCUT2D eigenvalue weighted by atomic mass is 32.2. The standard InChI is InChI=1S/C23H30N4O7S3/c1-33-21-7-5-18(36(29,30)27-11-13-34-14-12-27)15-20(21)25-22(28)17-35-23-8-6-19(16-24-23)37(31,32)26-9-3-2-4-10-26/h5-8,15-16H,2-4,9-14,17H2,1H3,(H,25,28). The Balaban J connectivity index is 1.39. The van der Waals surface area contributed by atoms with Crippen molar-refractivity contribution >= 4 is 43.4 Å². The quantitative estimate of drug-likeness (QED) is 0.449. The van der Waals surface area contributed by atoms with Gasteiger partial charge in [-0.05, 0) is 43.2 Å². The summed E-state index contributed by atoms with van der Waals surface area (Å²) in [6.07, 6.45) is 4.04. The molecular weight excluding hydrogens is 540 g/mol. The second-order valence-corrected chi connectivity index (χ2v) is 13.4. The van der Waals surface area contributed by atoms with E-state index in [1.807, 2.05) is 0 Å². The van der Waals surface area contributed by atoms with Gasteiger partial charge in [-0.1, -0.05) is 18.2 Å². The molecule has 2 aromatic rings. The van der Waals surface area contributed by atoms with Crippen molar-refractivity contribution in [2.75, 3.05) is 57.6 Å². The molecule has 0 spiro atoms. The van der Waals surface area contributed by atoms with Crippen LogP contribution in [0.4, 0.5) is 5.69 Å². The van der Waals surface area contributed by atoms with Crippen molar-refractivity contribution in [2.45, 2.75) is 34.1 Å². The number of hydrogen-bond acceptors (Lipinski definition) is 9. The molecule has 1 amide bonds. The fourth-order valence-corrected chi connectivity index (χ4v) is 7.61. The zero-order valence-electron chi connectivity index (χ0n) is 20.5. The Bertz CT molecular complexity index is 1310. The van der Waals surface area contributed by atoms with E-state index in [-0.39, 0.29) is 34.3 Å². The normalized spacial score (nSPS) is 17.9. The summed E-state index contributed by atoms with van der Waals surface area (Å²) >= 11 is 1.14. The van der Waals surface area contributed by atoms with Gasteiger partial charge in [0.15, 0.2) is 0 Å². The fourth-order valence-electron chi connectivity index (χ4n) is 4.07. The Hall–Kier alpha value is -2.23. The SMILES string of the molecule is COc1ccc(S(=O)(=O)N2CCOCC2)cc1NC(=O)CSc1ccc(S(=O)(=O)N2CCCCC2)cn1. The molecule has 37 heavy (non-hydrogen) atoms. The molecule has 202 valence electrons. The van der Waals surface area contributed by atoms with Gasteiger partial charge in [-0.2, -0.15) is 8.61 Å². The number of nitrogens with one attached hydrogen (secondary N) is 1. The molecule has 14 heteroatoms. The van der Waals surface area contributed by atoms with Gasteiger partial charge >= 0.3 is 0 Å². The van der Waals surface area contributed by atoms with Crippen LogP contribution in [-0.2, 0) is 29.6 Å². The Morgan fingerprint density at radius 3 is 2.27 bits per heavy atom. The number of nitrogens with zero attached hydrogens (tertiary/aromatic N) is 3. The first-order valence-corrected chi connectivity index (χ1v) is 15.7. The molecule has 1 aromatic heterocycles. The molecule has 2 aliphatic heterocycles. The Morgan fingerprint density at radius 1 is 0.973 bits per heavy atom. The number of sulfonamides is 2. The highest BCUT2D eigenvalue weighted by Crippen LogP contribution is 2.30. The maximum Gasteiger partial charge on any atom is 0.244 e. The van der Waals surface area contributed by atoms with Crippen molar-refractivity contribution in [1.29, 1.82) is 0 Å². The van der Waals surface area contributed by atoms with E-state index in [4.69, 9.17) is 9.47 Å². The van der Waals surface area contributed by atoms with Crippen LogP contribution in [0.2, 0.25) is 0 Å². The van der Waals surface area contributed by atoms with Gasteiger partial charge in [-0.3, -0.25) is 4.79 Å². The summed E-state index contributed by atoms with van der Waals surface area (Å²) in [5.74, 6) is -0.0878. The van der Waals surface area contributed by atoms with E-state index in [1.54, 1.807) is 6.07 Å². The predicted molar refractivity (Wildman–Crippen MR) is 139 cm³/mol. The zero-order valence-corrected chi connectivity index (χ0v) is 22.9. The van der Waals surface area contributed by atoms with Crippen molar-refractivity contribution in [3.05, 3.63) is 36.5 Å². The van der Waals surface area contributed by atoms with Crippen LogP contribution in [0, 0.1) is 0 Å². The van der Waals surface area contributed by atoms with Crippen LogP contribution in [0.3, 0.4) is 0 Å². The van der Waals surface area contributed by atoms with E-state index in [1.165, 1.54) is 46.2 Å². The molecule has 3 heterocycles. The fraction of sp³-hybridized carbons (Fsp3) is 0.478. The van der Waals surface area contributed by atoms with Gasteiger partial charge < -0.3 is 14.8 Å². The third-order valence-electron chi connectivity index (χ3n) is 6.07. The molecule has 2 saturated heterocycles. The molecule has 1 N–H and O–H groups in total. The minimum absolute atomic E-state index is 0.0190. The number of anilines is 1. The minimum Gasteiger partial charge on any atom is -0.495 e. The molecule has 0 bridgehead atoms.